The van der Waals surface area contributed by atoms with E-state index < -0.39 is 10.5 Å². The average molecular weight is 237 g/mol. The molecule has 1 aliphatic carbocycles. The maximum atomic E-state index is 11.5. The van der Waals surface area contributed by atoms with Gasteiger partial charge < -0.3 is 5.32 Å². The molecule has 17 heavy (non-hydrogen) atoms. The van der Waals surface area contributed by atoms with Crippen LogP contribution in [-0.4, -0.2) is 21.4 Å². The number of nitrogens with one attached hydrogen (secondary N) is 1. The van der Waals surface area contributed by atoms with Crippen molar-refractivity contribution in [2.24, 2.45) is 0 Å². The summed E-state index contributed by atoms with van der Waals surface area (Å²) in [5, 5.41) is 13.2. The zero-order valence-corrected chi connectivity index (χ0v) is 8.96. The third kappa shape index (κ3) is 2.90. The highest BCUT2D eigenvalue weighted by Gasteiger charge is 2.23. The Morgan fingerprint density at radius 1 is 1.53 bits per heavy atom. The van der Waals surface area contributed by atoms with Gasteiger partial charge in [-0.3, -0.25) is 24.3 Å². The molecule has 1 aliphatic rings. The number of nitrogens with zero attached hydrogens (tertiary/aromatic N) is 2. The summed E-state index contributed by atoms with van der Waals surface area (Å²) in [4.78, 5) is 32.8. The molecule has 1 aromatic rings. The summed E-state index contributed by atoms with van der Waals surface area (Å²) in [6.07, 6.45) is 2.99. The lowest BCUT2D eigenvalue weighted by atomic mass is 10.4. The van der Waals surface area contributed by atoms with E-state index in [1.165, 1.54) is 0 Å². The number of amides is 1. The molecule has 2 rings (SSSR count). The summed E-state index contributed by atoms with van der Waals surface area (Å²) >= 11 is 0. The van der Waals surface area contributed by atoms with Gasteiger partial charge in [-0.1, -0.05) is 0 Å². The highest BCUT2D eigenvalue weighted by atomic mass is 16.6. The number of carbonyl (C=O) groups excluding carboxylic acids is 1. The molecule has 7 nitrogen and oxygen atoms in total. The van der Waals surface area contributed by atoms with Crippen LogP contribution in [0.1, 0.15) is 12.8 Å². The second-order valence-electron chi connectivity index (χ2n) is 3.95. The Bertz CT molecular complexity index is 519. The molecule has 1 amide bonds. The lowest BCUT2D eigenvalue weighted by Crippen LogP contribution is -2.33. The van der Waals surface area contributed by atoms with Gasteiger partial charge in [0.25, 0.3) is 11.2 Å². The van der Waals surface area contributed by atoms with Crippen molar-refractivity contribution in [3.05, 3.63) is 38.8 Å². The standard InChI is InChI=1S/C10H11N3O4/c14-9(11-7-1-2-7)6-12-5-8(13(16)17)3-4-10(12)15/h3-5,7H,1-2,6H2,(H,11,14). The molecule has 0 aliphatic heterocycles. The number of hydrogen-bond acceptors (Lipinski definition) is 4. The largest absolute Gasteiger partial charge is 0.352 e. The fraction of sp³-hybridized carbons (Fsp3) is 0.400. The van der Waals surface area contributed by atoms with E-state index in [4.69, 9.17) is 0 Å². The van der Waals surface area contributed by atoms with Gasteiger partial charge in [0, 0.05) is 18.2 Å². The summed E-state index contributed by atoms with van der Waals surface area (Å²) in [5.41, 5.74) is -0.634. The van der Waals surface area contributed by atoms with Crippen molar-refractivity contribution >= 4 is 11.6 Å². The predicted molar refractivity (Wildman–Crippen MR) is 58.5 cm³/mol. The van der Waals surface area contributed by atoms with E-state index in [1.807, 2.05) is 0 Å². The predicted octanol–water partition coefficient (Wildman–Crippen LogP) is 0.0351. The van der Waals surface area contributed by atoms with Gasteiger partial charge in [-0.2, -0.15) is 0 Å². The van der Waals surface area contributed by atoms with Crippen molar-refractivity contribution < 1.29 is 9.72 Å². The molecule has 0 aromatic carbocycles. The molecule has 0 bridgehead atoms. The van der Waals surface area contributed by atoms with Crippen molar-refractivity contribution in [3.8, 4) is 0 Å². The first-order chi connectivity index (χ1) is 8.06. The van der Waals surface area contributed by atoms with E-state index in [1.54, 1.807) is 0 Å². The van der Waals surface area contributed by atoms with E-state index >= 15 is 0 Å². The number of carbonyl (C=O) groups is 1. The van der Waals surface area contributed by atoms with Crippen LogP contribution >= 0.6 is 0 Å². The van der Waals surface area contributed by atoms with Crippen LogP contribution in [-0.2, 0) is 11.3 Å². The Balaban J connectivity index is 2.12. The molecular weight excluding hydrogens is 226 g/mol. The van der Waals surface area contributed by atoms with Crippen LogP contribution < -0.4 is 10.9 Å². The molecule has 1 saturated carbocycles. The second-order valence-corrected chi connectivity index (χ2v) is 3.95. The maximum Gasteiger partial charge on any atom is 0.285 e. The van der Waals surface area contributed by atoms with Gasteiger partial charge in [0.15, 0.2) is 0 Å². The van der Waals surface area contributed by atoms with E-state index in [2.05, 4.69) is 5.32 Å². The second kappa shape index (κ2) is 4.36. The molecule has 0 unspecified atom stereocenters. The first kappa shape index (κ1) is 11.3. The minimum atomic E-state index is -0.602. The highest BCUT2D eigenvalue weighted by molar-refractivity contribution is 5.76. The molecule has 1 N–H and O–H groups in total. The summed E-state index contributed by atoms with van der Waals surface area (Å²) < 4.78 is 1.04. The highest BCUT2D eigenvalue weighted by Crippen LogP contribution is 2.18. The van der Waals surface area contributed by atoms with Crippen LogP contribution in [0.4, 0.5) is 5.69 Å². The van der Waals surface area contributed by atoms with Crippen LogP contribution in [0.25, 0.3) is 0 Å². The molecule has 0 atom stereocenters. The van der Waals surface area contributed by atoms with Gasteiger partial charge in [0.1, 0.15) is 6.54 Å². The Morgan fingerprint density at radius 2 is 2.24 bits per heavy atom. The zero-order chi connectivity index (χ0) is 12.4. The van der Waals surface area contributed by atoms with Crippen molar-refractivity contribution in [2.45, 2.75) is 25.4 Å². The molecule has 0 radical (unpaired) electrons. The molecule has 0 saturated heterocycles. The van der Waals surface area contributed by atoms with Gasteiger partial charge in [-0.05, 0) is 12.8 Å². The SMILES string of the molecule is O=C(Cn1cc([N+](=O)[O-])ccc1=O)NC1CC1. The van der Waals surface area contributed by atoms with Gasteiger partial charge in [0.05, 0.1) is 11.1 Å². The summed E-state index contributed by atoms with van der Waals surface area (Å²) in [6, 6.07) is 2.41. The van der Waals surface area contributed by atoms with Crippen LogP contribution in [0, 0.1) is 10.1 Å². The smallest absolute Gasteiger partial charge is 0.285 e. The Hall–Kier alpha value is -2.18. The van der Waals surface area contributed by atoms with E-state index in [0.717, 1.165) is 35.7 Å². The topological polar surface area (TPSA) is 94.2 Å². The minimum Gasteiger partial charge on any atom is -0.352 e. The van der Waals surface area contributed by atoms with Crippen LogP contribution in [0.15, 0.2) is 23.1 Å². The van der Waals surface area contributed by atoms with Crippen LogP contribution in [0.3, 0.4) is 0 Å². The first-order valence-electron chi connectivity index (χ1n) is 5.20. The number of hydrogen-bond donors (Lipinski definition) is 1. The van der Waals surface area contributed by atoms with Gasteiger partial charge in [-0.15, -0.1) is 0 Å². The maximum absolute atomic E-state index is 11.5. The molecule has 1 heterocycles. The fourth-order valence-corrected chi connectivity index (χ4v) is 1.41. The van der Waals surface area contributed by atoms with Crippen molar-refractivity contribution in [1.82, 2.24) is 9.88 Å². The molecule has 0 spiro atoms. The normalized spacial score (nSPS) is 14.4. The average Bonchev–Trinajstić information content (AvgIpc) is 3.04. The minimum absolute atomic E-state index is 0.184. The summed E-state index contributed by atoms with van der Waals surface area (Å²) in [6.45, 7) is -0.184. The van der Waals surface area contributed by atoms with Gasteiger partial charge >= 0.3 is 0 Å². The van der Waals surface area contributed by atoms with E-state index in [-0.39, 0.29) is 24.2 Å². The summed E-state index contributed by atoms with van der Waals surface area (Å²) in [7, 11) is 0. The Kier molecular flexibility index (Phi) is 2.90. The number of aromatic nitrogens is 1. The molecular formula is C10H11N3O4. The molecule has 1 aromatic heterocycles. The lowest BCUT2D eigenvalue weighted by Gasteiger charge is -2.05. The molecule has 1 fully saturated rings. The van der Waals surface area contributed by atoms with Crippen molar-refractivity contribution in [3.63, 3.8) is 0 Å². The molecule has 7 heteroatoms. The first-order valence-corrected chi connectivity index (χ1v) is 5.20. The number of rotatable bonds is 4. The third-order valence-corrected chi connectivity index (χ3v) is 2.44. The van der Waals surface area contributed by atoms with E-state index in [9.17, 15) is 19.7 Å². The van der Waals surface area contributed by atoms with Gasteiger partial charge in [0.2, 0.25) is 5.91 Å². The third-order valence-electron chi connectivity index (χ3n) is 2.44. The van der Waals surface area contributed by atoms with E-state index in [0.29, 0.717) is 0 Å². The number of nitro groups is 1. The van der Waals surface area contributed by atoms with Crippen LogP contribution in [0.2, 0.25) is 0 Å². The monoisotopic (exact) mass is 237 g/mol. The zero-order valence-electron chi connectivity index (χ0n) is 8.96. The fourth-order valence-electron chi connectivity index (χ4n) is 1.41. The number of pyridine rings is 1. The summed E-state index contributed by atoms with van der Waals surface area (Å²) in [5.74, 6) is -0.296. The van der Waals surface area contributed by atoms with Crippen molar-refractivity contribution in [1.29, 1.82) is 0 Å². The Morgan fingerprint density at radius 3 is 2.82 bits per heavy atom. The van der Waals surface area contributed by atoms with Gasteiger partial charge in [-0.25, -0.2) is 0 Å². The Labute approximate surface area is 96.2 Å². The lowest BCUT2D eigenvalue weighted by molar-refractivity contribution is -0.385. The molecule has 90 valence electrons. The van der Waals surface area contributed by atoms with Crippen molar-refractivity contribution in [2.75, 3.05) is 0 Å². The quantitative estimate of drug-likeness (QED) is 0.590. The van der Waals surface area contributed by atoms with Crippen LogP contribution in [0.5, 0.6) is 0 Å².